The molecule has 3 aliphatic heterocycles. The molecule has 2 atom stereocenters. The van der Waals surface area contributed by atoms with Crippen molar-refractivity contribution < 1.29 is 4.74 Å². The number of piperidine rings is 2. The quantitative estimate of drug-likeness (QED) is 0.729. The summed E-state index contributed by atoms with van der Waals surface area (Å²) in [5.41, 5.74) is 5.40. The van der Waals surface area contributed by atoms with Gasteiger partial charge in [-0.15, -0.1) is 0 Å². The van der Waals surface area contributed by atoms with E-state index < -0.39 is 0 Å². The van der Waals surface area contributed by atoms with Crippen molar-refractivity contribution in [3.8, 4) is 16.9 Å². The van der Waals surface area contributed by atoms with Gasteiger partial charge in [-0.05, 0) is 55.1 Å². The molecular formula is C23H27NO. The first-order chi connectivity index (χ1) is 12.2. The summed E-state index contributed by atoms with van der Waals surface area (Å²) < 4.78 is 6.57. The maximum Gasteiger partial charge on any atom is 0.123 e. The third-order valence-corrected chi connectivity index (χ3v) is 6.50. The first-order valence-corrected chi connectivity index (χ1v) is 9.84. The number of ether oxygens (including phenoxy) is 1. The van der Waals surface area contributed by atoms with Crippen LogP contribution in [0.4, 0.5) is 0 Å². The second-order valence-electron chi connectivity index (χ2n) is 8.29. The topological polar surface area (TPSA) is 12.5 Å². The average Bonchev–Trinajstić information content (AvgIpc) is 2.98. The fraction of sp³-hybridized carbons (Fsp3) is 0.478. The summed E-state index contributed by atoms with van der Waals surface area (Å²) in [6.45, 7) is 4.65. The number of hydrogen-bond acceptors (Lipinski definition) is 2. The zero-order valence-electron chi connectivity index (χ0n) is 15.1. The summed E-state index contributed by atoms with van der Waals surface area (Å²) in [5.74, 6) is 1.13. The largest absolute Gasteiger partial charge is 0.487 e. The zero-order chi connectivity index (χ0) is 16.9. The first-order valence-electron chi connectivity index (χ1n) is 9.84. The van der Waals surface area contributed by atoms with E-state index in [1.165, 1.54) is 67.4 Å². The number of nitrogens with zero attached hydrogens (tertiary/aromatic N) is 1. The molecule has 2 unspecified atom stereocenters. The first kappa shape index (κ1) is 15.5. The van der Waals surface area contributed by atoms with Crippen molar-refractivity contribution in [1.29, 1.82) is 0 Å². The van der Waals surface area contributed by atoms with E-state index in [1.807, 2.05) is 0 Å². The number of aryl methyl sites for hydroxylation is 1. The Morgan fingerprint density at radius 2 is 1.84 bits per heavy atom. The van der Waals surface area contributed by atoms with Gasteiger partial charge in [0.15, 0.2) is 0 Å². The van der Waals surface area contributed by atoms with Crippen LogP contribution in [-0.4, -0.2) is 29.6 Å². The maximum absolute atomic E-state index is 6.57. The lowest BCUT2D eigenvalue weighted by Crippen LogP contribution is -2.54. The van der Waals surface area contributed by atoms with Crippen LogP contribution < -0.4 is 4.74 Å². The number of hydrogen-bond donors (Lipinski definition) is 0. The smallest absolute Gasteiger partial charge is 0.123 e. The molecule has 25 heavy (non-hydrogen) atoms. The second-order valence-corrected chi connectivity index (χ2v) is 8.29. The van der Waals surface area contributed by atoms with E-state index in [1.54, 1.807) is 0 Å². The third-order valence-electron chi connectivity index (χ3n) is 6.50. The van der Waals surface area contributed by atoms with Gasteiger partial charge in [-0.2, -0.15) is 0 Å². The van der Waals surface area contributed by atoms with E-state index >= 15 is 0 Å². The summed E-state index contributed by atoms with van der Waals surface area (Å²) in [6.07, 6.45) is 7.61. The van der Waals surface area contributed by atoms with E-state index in [2.05, 4.69) is 54.3 Å². The Morgan fingerprint density at radius 3 is 2.72 bits per heavy atom. The fourth-order valence-electron chi connectivity index (χ4n) is 5.08. The normalized spacial score (nSPS) is 28.4. The lowest BCUT2D eigenvalue weighted by atomic mass is 9.80. The minimum atomic E-state index is 0.0622. The van der Waals surface area contributed by atoms with Crippen molar-refractivity contribution in [2.75, 3.05) is 13.1 Å². The SMILES string of the molecule is Cc1ccc(-c2ccc3c(c2)CC2(CCN4CCCCC4C2)O3)cc1. The molecule has 3 heterocycles. The summed E-state index contributed by atoms with van der Waals surface area (Å²) in [5, 5.41) is 0. The van der Waals surface area contributed by atoms with Gasteiger partial charge in [0.05, 0.1) is 0 Å². The van der Waals surface area contributed by atoms with Gasteiger partial charge in [0, 0.05) is 31.8 Å². The van der Waals surface area contributed by atoms with Gasteiger partial charge in [-0.25, -0.2) is 0 Å². The molecule has 0 N–H and O–H groups in total. The highest BCUT2D eigenvalue weighted by Gasteiger charge is 2.46. The molecule has 2 aromatic rings. The molecule has 0 saturated carbocycles. The van der Waals surface area contributed by atoms with Crippen LogP contribution in [0, 0.1) is 6.92 Å². The molecular weight excluding hydrogens is 306 g/mol. The molecule has 2 aromatic carbocycles. The predicted octanol–water partition coefficient (Wildman–Crippen LogP) is 4.98. The average molecular weight is 333 g/mol. The minimum Gasteiger partial charge on any atom is -0.487 e. The molecule has 0 aromatic heterocycles. The molecule has 0 radical (unpaired) electrons. The standard InChI is InChI=1S/C23H27NO/c1-17-5-7-18(8-6-17)19-9-10-22-20(14-19)15-23(25-22)11-13-24-12-3-2-4-21(24)16-23/h5-10,14,21H,2-4,11-13,15-16H2,1H3. The van der Waals surface area contributed by atoms with Crippen molar-refractivity contribution in [3.63, 3.8) is 0 Å². The van der Waals surface area contributed by atoms with Crippen LogP contribution in [-0.2, 0) is 6.42 Å². The molecule has 0 bridgehead atoms. The van der Waals surface area contributed by atoms with Crippen LogP contribution >= 0.6 is 0 Å². The van der Waals surface area contributed by atoms with Gasteiger partial charge in [-0.3, -0.25) is 0 Å². The minimum absolute atomic E-state index is 0.0622. The summed E-state index contributed by atoms with van der Waals surface area (Å²) in [7, 11) is 0. The Balaban J connectivity index is 1.39. The van der Waals surface area contributed by atoms with Gasteiger partial charge in [0.1, 0.15) is 11.4 Å². The molecule has 5 rings (SSSR count). The molecule has 2 nitrogen and oxygen atoms in total. The van der Waals surface area contributed by atoms with E-state index in [0.717, 1.165) is 18.2 Å². The van der Waals surface area contributed by atoms with Crippen molar-refractivity contribution in [2.45, 2.75) is 57.1 Å². The van der Waals surface area contributed by atoms with Crippen LogP contribution in [0.25, 0.3) is 11.1 Å². The third kappa shape index (κ3) is 2.77. The Labute approximate surface area is 150 Å². The zero-order valence-corrected chi connectivity index (χ0v) is 15.1. The van der Waals surface area contributed by atoms with Gasteiger partial charge < -0.3 is 9.64 Å². The van der Waals surface area contributed by atoms with E-state index in [0.29, 0.717) is 0 Å². The van der Waals surface area contributed by atoms with Crippen molar-refractivity contribution in [3.05, 3.63) is 53.6 Å². The highest BCUT2D eigenvalue weighted by molar-refractivity contribution is 5.66. The van der Waals surface area contributed by atoms with Gasteiger partial charge in [-0.1, -0.05) is 42.3 Å². The fourth-order valence-corrected chi connectivity index (χ4v) is 5.08. The number of rotatable bonds is 1. The summed E-state index contributed by atoms with van der Waals surface area (Å²) in [6, 6.07) is 16.4. The lowest BCUT2D eigenvalue weighted by Gasteiger charge is -2.46. The van der Waals surface area contributed by atoms with Crippen LogP contribution in [0.2, 0.25) is 0 Å². The molecule has 0 aliphatic carbocycles. The van der Waals surface area contributed by atoms with Crippen LogP contribution in [0.5, 0.6) is 5.75 Å². The highest BCUT2D eigenvalue weighted by atomic mass is 16.5. The summed E-state index contributed by atoms with van der Waals surface area (Å²) in [4.78, 5) is 2.71. The monoisotopic (exact) mass is 333 g/mol. The Hall–Kier alpha value is -1.80. The van der Waals surface area contributed by atoms with Crippen molar-refractivity contribution in [2.24, 2.45) is 0 Å². The Kier molecular flexibility index (Phi) is 3.63. The molecule has 3 aliphatic rings. The molecule has 2 heteroatoms. The molecule has 2 saturated heterocycles. The van der Waals surface area contributed by atoms with Crippen molar-refractivity contribution in [1.82, 2.24) is 4.90 Å². The molecule has 130 valence electrons. The van der Waals surface area contributed by atoms with Crippen molar-refractivity contribution >= 4 is 0 Å². The highest BCUT2D eigenvalue weighted by Crippen LogP contribution is 2.45. The van der Waals surface area contributed by atoms with Gasteiger partial charge >= 0.3 is 0 Å². The van der Waals surface area contributed by atoms with E-state index in [9.17, 15) is 0 Å². The number of benzene rings is 2. The van der Waals surface area contributed by atoms with Crippen LogP contribution in [0.15, 0.2) is 42.5 Å². The van der Waals surface area contributed by atoms with Gasteiger partial charge in [0.2, 0.25) is 0 Å². The van der Waals surface area contributed by atoms with E-state index in [-0.39, 0.29) is 5.60 Å². The summed E-state index contributed by atoms with van der Waals surface area (Å²) >= 11 is 0. The van der Waals surface area contributed by atoms with Crippen LogP contribution in [0.3, 0.4) is 0 Å². The number of fused-ring (bicyclic) bond motifs is 2. The predicted molar refractivity (Wildman–Crippen MR) is 102 cm³/mol. The van der Waals surface area contributed by atoms with Gasteiger partial charge in [0.25, 0.3) is 0 Å². The Morgan fingerprint density at radius 1 is 1.00 bits per heavy atom. The van der Waals surface area contributed by atoms with Crippen LogP contribution in [0.1, 0.15) is 43.2 Å². The lowest BCUT2D eigenvalue weighted by molar-refractivity contribution is -0.0249. The molecule has 1 spiro atoms. The second kappa shape index (κ2) is 5.88. The molecule has 2 fully saturated rings. The molecule has 0 amide bonds. The maximum atomic E-state index is 6.57. The Bertz CT molecular complexity index is 781. The van der Waals surface area contributed by atoms with E-state index in [4.69, 9.17) is 4.74 Å².